The standard InChI is InChI=1S/C16H19NO3S/c1-3-15(21-11-14-5-4-10-20-14)16(18)17-12-6-8-13(19-2)9-7-12/h4-10,15H,3,11H2,1-2H3,(H,17,18). The number of carbonyl (C=O) groups excluding carboxylic acids is 1. The van der Waals surface area contributed by atoms with Crippen LogP contribution in [0, 0.1) is 0 Å². The van der Waals surface area contributed by atoms with Crippen molar-refractivity contribution in [3.63, 3.8) is 0 Å². The average molecular weight is 305 g/mol. The molecule has 1 N–H and O–H groups in total. The minimum Gasteiger partial charge on any atom is -0.497 e. The fourth-order valence-electron chi connectivity index (χ4n) is 1.85. The molecule has 2 aromatic rings. The van der Waals surface area contributed by atoms with Gasteiger partial charge in [0.1, 0.15) is 11.5 Å². The molecule has 0 aliphatic rings. The highest BCUT2D eigenvalue weighted by molar-refractivity contribution is 7.99. The summed E-state index contributed by atoms with van der Waals surface area (Å²) in [7, 11) is 1.62. The lowest BCUT2D eigenvalue weighted by Crippen LogP contribution is -2.24. The highest BCUT2D eigenvalue weighted by atomic mass is 32.2. The van der Waals surface area contributed by atoms with Gasteiger partial charge in [-0.3, -0.25) is 4.79 Å². The Morgan fingerprint density at radius 2 is 2.10 bits per heavy atom. The maximum Gasteiger partial charge on any atom is 0.237 e. The van der Waals surface area contributed by atoms with Crippen LogP contribution in [0.4, 0.5) is 5.69 Å². The van der Waals surface area contributed by atoms with Crippen LogP contribution >= 0.6 is 11.8 Å². The fraction of sp³-hybridized carbons (Fsp3) is 0.312. The molecule has 0 radical (unpaired) electrons. The van der Waals surface area contributed by atoms with Gasteiger partial charge in [0.05, 0.1) is 24.4 Å². The molecule has 1 aromatic heterocycles. The van der Waals surface area contributed by atoms with Gasteiger partial charge in [-0.15, -0.1) is 11.8 Å². The van der Waals surface area contributed by atoms with E-state index in [2.05, 4.69) is 5.32 Å². The van der Waals surface area contributed by atoms with Gasteiger partial charge in [0.2, 0.25) is 5.91 Å². The molecule has 1 aromatic carbocycles. The highest BCUT2D eigenvalue weighted by Gasteiger charge is 2.17. The maximum absolute atomic E-state index is 12.3. The first-order chi connectivity index (χ1) is 10.2. The molecule has 4 nitrogen and oxygen atoms in total. The average Bonchev–Trinajstić information content (AvgIpc) is 3.02. The van der Waals surface area contributed by atoms with Crippen molar-refractivity contribution in [2.45, 2.75) is 24.3 Å². The number of amides is 1. The van der Waals surface area contributed by atoms with Crippen molar-refractivity contribution >= 4 is 23.4 Å². The minimum absolute atomic E-state index is 0.0132. The van der Waals surface area contributed by atoms with Gasteiger partial charge in [0.15, 0.2) is 0 Å². The van der Waals surface area contributed by atoms with Crippen LogP contribution in [0.25, 0.3) is 0 Å². The molecule has 0 fully saturated rings. The Labute approximate surface area is 128 Å². The molecule has 112 valence electrons. The molecular weight excluding hydrogens is 286 g/mol. The van der Waals surface area contributed by atoms with Gasteiger partial charge in [-0.25, -0.2) is 0 Å². The number of furan rings is 1. The number of ether oxygens (including phenoxy) is 1. The topological polar surface area (TPSA) is 51.5 Å². The summed E-state index contributed by atoms with van der Waals surface area (Å²) in [6.07, 6.45) is 2.42. The van der Waals surface area contributed by atoms with Gasteiger partial charge in [-0.2, -0.15) is 0 Å². The van der Waals surface area contributed by atoms with E-state index < -0.39 is 0 Å². The zero-order chi connectivity index (χ0) is 15.1. The number of rotatable bonds is 7. The molecule has 1 unspecified atom stereocenters. The van der Waals surface area contributed by atoms with Gasteiger partial charge in [0.25, 0.3) is 0 Å². The van der Waals surface area contributed by atoms with Crippen LogP contribution in [0.2, 0.25) is 0 Å². The Kier molecular flexibility index (Phi) is 5.75. The van der Waals surface area contributed by atoms with E-state index in [-0.39, 0.29) is 11.2 Å². The molecule has 1 atom stereocenters. The summed E-state index contributed by atoms with van der Waals surface area (Å²) < 4.78 is 10.4. The summed E-state index contributed by atoms with van der Waals surface area (Å²) in [5.74, 6) is 2.36. The maximum atomic E-state index is 12.3. The predicted octanol–water partition coefficient (Wildman–Crippen LogP) is 3.94. The number of hydrogen-bond acceptors (Lipinski definition) is 4. The van der Waals surface area contributed by atoms with Crippen molar-refractivity contribution in [3.8, 4) is 5.75 Å². The van der Waals surface area contributed by atoms with Crippen molar-refractivity contribution in [3.05, 3.63) is 48.4 Å². The van der Waals surface area contributed by atoms with Gasteiger partial charge < -0.3 is 14.5 Å². The number of hydrogen-bond donors (Lipinski definition) is 1. The molecule has 0 bridgehead atoms. The first-order valence-electron chi connectivity index (χ1n) is 6.81. The van der Waals surface area contributed by atoms with Crippen molar-refractivity contribution < 1.29 is 13.9 Å². The summed E-state index contributed by atoms with van der Waals surface area (Å²) in [5.41, 5.74) is 0.776. The fourth-order valence-corrected chi connectivity index (χ4v) is 2.83. The molecule has 0 spiro atoms. The van der Waals surface area contributed by atoms with Crippen LogP contribution in [0.15, 0.2) is 47.1 Å². The lowest BCUT2D eigenvalue weighted by atomic mass is 10.2. The molecule has 0 aliphatic carbocycles. The van der Waals surface area contributed by atoms with Crippen LogP contribution < -0.4 is 10.1 Å². The number of methoxy groups -OCH3 is 1. The van der Waals surface area contributed by atoms with Crippen LogP contribution in [-0.4, -0.2) is 18.3 Å². The lowest BCUT2D eigenvalue weighted by molar-refractivity contribution is -0.115. The second kappa shape index (κ2) is 7.78. The third-order valence-corrected chi connectivity index (χ3v) is 4.43. The number of thioether (sulfide) groups is 1. The van der Waals surface area contributed by atoms with Gasteiger partial charge in [0, 0.05) is 5.69 Å². The van der Waals surface area contributed by atoms with Crippen LogP contribution in [-0.2, 0) is 10.5 Å². The monoisotopic (exact) mass is 305 g/mol. The SMILES string of the molecule is CCC(SCc1ccco1)C(=O)Nc1ccc(OC)cc1. The van der Waals surface area contributed by atoms with E-state index in [0.29, 0.717) is 5.75 Å². The van der Waals surface area contributed by atoms with Crippen LogP contribution in [0.5, 0.6) is 5.75 Å². The first-order valence-corrected chi connectivity index (χ1v) is 7.86. The molecule has 0 saturated carbocycles. The van der Waals surface area contributed by atoms with Crippen molar-refractivity contribution in [1.29, 1.82) is 0 Å². The third kappa shape index (κ3) is 4.56. The largest absolute Gasteiger partial charge is 0.497 e. The summed E-state index contributed by atoms with van der Waals surface area (Å²) in [5, 5.41) is 2.83. The normalized spacial score (nSPS) is 11.9. The molecule has 0 saturated heterocycles. The van der Waals surface area contributed by atoms with E-state index in [4.69, 9.17) is 9.15 Å². The van der Waals surface area contributed by atoms with Crippen molar-refractivity contribution in [2.75, 3.05) is 12.4 Å². The zero-order valence-corrected chi connectivity index (χ0v) is 13.0. The second-order valence-electron chi connectivity index (χ2n) is 4.51. The Hall–Kier alpha value is -1.88. The molecule has 21 heavy (non-hydrogen) atoms. The Bertz CT molecular complexity index is 551. The number of nitrogens with one attached hydrogen (secondary N) is 1. The highest BCUT2D eigenvalue weighted by Crippen LogP contribution is 2.23. The van der Waals surface area contributed by atoms with Crippen molar-refractivity contribution in [2.24, 2.45) is 0 Å². The van der Waals surface area contributed by atoms with E-state index in [1.807, 2.05) is 43.3 Å². The smallest absolute Gasteiger partial charge is 0.237 e. The summed E-state index contributed by atoms with van der Waals surface area (Å²) >= 11 is 1.58. The summed E-state index contributed by atoms with van der Waals surface area (Å²) in [4.78, 5) is 12.3. The zero-order valence-electron chi connectivity index (χ0n) is 12.2. The van der Waals surface area contributed by atoms with Crippen LogP contribution in [0.3, 0.4) is 0 Å². The molecule has 1 amide bonds. The third-order valence-electron chi connectivity index (χ3n) is 3.03. The molecule has 1 heterocycles. The van der Waals surface area contributed by atoms with Gasteiger partial charge in [-0.05, 0) is 42.8 Å². The Balaban J connectivity index is 1.89. The Morgan fingerprint density at radius 1 is 1.33 bits per heavy atom. The minimum atomic E-state index is -0.0998. The van der Waals surface area contributed by atoms with E-state index >= 15 is 0 Å². The first kappa shape index (κ1) is 15.5. The second-order valence-corrected chi connectivity index (χ2v) is 5.70. The summed E-state index contributed by atoms with van der Waals surface area (Å²) in [6, 6.07) is 11.1. The van der Waals surface area contributed by atoms with Gasteiger partial charge >= 0.3 is 0 Å². The van der Waals surface area contributed by atoms with E-state index in [0.717, 1.165) is 23.6 Å². The molecule has 0 aliphatic heterocycles. The molecule has 5 heteroatoms. The van der Waals surface area contributed by atoms with E-state index in [1.165, 1.54) is 0 Å². The molecule has 2 rings (SSSR count). The quantitative estimate of drug-likeness (QED) is 0.842. The molecular formula is C16H19NO3S. The van der Waals surface area contributed by atoms with Crippen LogP contribution in [0.1, 0.15) is 19.1 Å². The number of anilines is 1. The van der Waals surface area contributed by atoms with E-state index in [9.17, 15) is 4.79 Å². The van der Waals surface area contributed by atoms with Gasteiger partial charge in [-0.1, -0.05) is 6.92 Å². The summed E-state index contributed by atoms with van der Waals surface area (Å²) in [6.45, 7) is 2.01. The predicted molar refractivity (Wildman–Crippen MR) is 85.7 cm³/mol. The van der Waals surface area contributed by atoms with E-state index in [1.54, 1.807) is 25.1 Å². The lowest BCUT2D eigenvalue weighted by Gasteiger charge is -2.14. The van der Waals surface area contributed by atoms with Crippen molar-refractivity contribution in [1.82, 2.24) is 0 Å². The number of carbonyl (C=O) groups is 1. The Morgan fingerprint density at radius 3 is 2.67 bits per heavy atom. The number of benzene rings is 1.